The van der Waals surface area contributed by atoms with Gasteiger partial charge in [0.1, 0.15) is 6.04 Å². The third-order valence-electron chi connectivity index (χ3n) is 6.22. The first-order chi connectivity index (χ1) is 15.8. The summed E-state index contributed by atoms with van der Waals surface area (Å²) in [5.41, 5.74) is 4.74. The number of hydrogen-bond donors (Lipinski definition) is 2. The monoisotopic (exact) mass is 453 g/mol. The van der Waals surface area contributed by atoms with E-state index in [-0.39, 0.29) is 18.2 Å². The van der Waals surface area contributed by atoms with Crippen LogP contribution in [-0.2, 0) is 22.6 Å². The molecule has 1 aromatic carbocycles. The second kappa shape index (κ2) is 11.3. The molecule has 1 fully saturated rings. The van der Waals surface area contributed by atoms with Gasteiger partial charge in [0.15, 0.2) is 0 Å². The molecular weight excluding hydrogens is 414 g/mol. The van der Waals surface area contributed by atoms with Crippen LogP contribution in [0.15, 0.2) is 24.3 Å². The van der Waals surface area contributed by atoms with Crippen LogP contribution < -0.4 is 15.5 Å². The minimum absolute atomic E-state index is 0.148. The Balaban J connectivity index is 1.64. The van der Waals surface area contributed by atoms with Gasteiger partial charge in [-0.3, -0.25) is 14.3 Å². The Bertz CT molecular complexity index is 960. The molecule has 7 nitrogen and oxygen atoms in total. The Hall–Kier alpha value is -2.83. The third-order valence-corrected chi connectivity index (χ3v) is 6.22. The van der Waals surface area contributed by atoms with Gasteiger partial charge < -0.3 is 15.5 Å². The minimum atomic E-state index is -0.565. The average Bonchev–Trinajstić information content (AvgIpc) is 3.38. The normalized spacial score (nSPS) is 14.5. The molecule has 180 valence electrons. The number of amides is 2. The molecule has 2 heterocycles. The van der Waals surface area contributed by atoms with E-state index >= 15 is 0 Å². The lowest BCUT2D eigenvalue weighted by Crippen LogP contribution is -2.44. The number of carbonyl (C=O) groups excluding carboxylic acids is 2. The van der Waals surface area contributed by atoms with Crippen LogP contribution in [0.25, 0.3) is 0 Å². The highest BCUT2D eigenvalue weighted by Gasteiger charge is 2.23. The Morgan fingerprint density at radius 3 is 2.55 bits per heavy atom. The van der Waals surface area contributed by atoms with Crippen molar-refractivity contribution < 1.29 is 9.59 Å². The smallest absolute Gasteiger partial charge is 0.246 e. The van der Waals surface area contributed by atoms with E-state index in [1.54, 1.807) is 0 Å². The van der Waals surface area contributed by atoms with Crippen LogP contribution in [0.1, 0.15) is 63.4 Å². The van der Waals surface area contributed by atoms with E-state index in [0.717, 1.165) is 54.4 Å². The van der Waals surface area contributed by atoms with Crippen molar-refractivity contribution in [3.63, 3.8) is 0 Å². The summed E-state index contributed by atoms with van der Waals surface area (Å²) in [6.45, 7) is 13.2. The van der Waals surface area contributed by atoms with Crippen molar-refractivity contribution in [2.24, 2.45) is 5.92 Å². The number of carbonyl (C=O) groups is 2. The molecule has 0 radical (unpaired) electrons. The Kier molecular flexibility index (Phi) is 8.53. The predicted octanol–water partition coefficient (Wildman–Crippen LogP) is 4.22. The zero-order valence-corrected chi connectivity index (χ0v) is 20.8. The number of aromatic nitrogens is 2. The molecule has 1 unspecified atom stereocenters. The molecule has 1 saturated heterocycles. The SMILES string of the molecule is CCCC(NC(=O)Cc1c(C)nn(CC(C)C)c1C)C(=O)Nc1cccc(N2CCCC2)c1. The molecule has 0 aliphatic carbocycles. The summed E-state index contributed by atoms with van der Waals surface area (Å²) in [6.07, 6.45) is 4.03. The summed E-state index contributed by atoms with van der Waals surface area (Å²) in [5, 5.41) is 10.6. The molecule has 0 spiro atoms. The maximum Gasteiger partial charge on any atom is 0.246 e. The number of anilines is 2. The summed E-state index contributed by atoms with van der Waals surface area (Å²) < 4.78 is 1.98. The number of hydrogen-bond acceptors (Lipinski definition) is 4. The number of benzene rings is 1. The number of aryl methyl sites for hydroxylation is 1. The van der Waals surface area contributed by atoms with Crippen molar-refractivity contribution >= 4 is 23.2 Å². The van der Waals surface area contributed by atoms with Crippen molar-refractivity contribution in [3.05, 3.63) is 41.2 Å². The fourth-order valence-electron chi connectivity index (χ4n) is 4.46. The van der Waals surface area contributed by atoms with Crippen LogP contribution in [0.2, 0.25) is 0 Å². The molecule has 0 bridgehead atoms. The van der Waals surface area contributed by atoms with Crippen molar-refractivity contribution in [1.29, 1.82) is 0 Å². The van der Waals surface area contributed by atoms with Gasteiger partial charge in [0, 0.05) is 42.3 Å². The quantitative estimate of drug-likeness (QED) is 0.564. The maximum atomic E-state index is 13.0. The van der Waals surface area contributed by atoms with Crippen LogP contribution in [-0.4, -0.2) is 40.7 Å². The van der Waals surface area contributed by atoms with E-state index in [9.17, 15) is 9.59 Å². The Labute approximate surface area is 197 Å². The van der Waals surface area contributed by atoms with Gasteiger partial charge in [0.05, 0.1) is 12.1 Å². The minimum Gasteiger partial charge on any atom is -0.371 e. The van der Waals surface area contributed by atoms with Gasteiger partial charge in [-0.05, 0) is 57.2 Å². The zero-order valence-electron chi connectivity index (χ0n) is 20.8. The molecular formula is C26H39N5O2. The van der Waals surface area contributed by atoms with Gasteiger partial charge in [-0.15, -0.1) is 0 Å². The van der Waals surface area contributed by atoms with E-state index in [1.165, 1.54) is 12.8 Å². The number of nitrogens with zero attached hydrogens (tertiary/aromatic N) is 3. The molecule has 1 aliphatic heterocycles. The van der Waals surface area contributed by atoms with Crippen molar-refractivity contribution in [2.45, 2.75) is 79.3 Å². The predicted molar refractivity (Wildman–Crippen MR) is 134 cm³/mol. The summed E-state index contributed by atoms with van der Waals surface area (Å²) in [7, 11) is 0. The van der Waals surface area contributed by atoms with Gasteiger partial charge in [0.25, 0.3) is 0 Å². The van der Waals surface area contributed by atoms with E-state index in [0.29, 0.717) is 12.3 Å². The maximum absolute atomic E-state index is 13.0. The van der Waals surface area contributed by atoms with Gasteiger partial charge >= 0.3 is 0 Å². The molecule has 2 aromatic rings. The highest BCUT2D eigenvalue weighted by molar-refractivity contribution is 5.97. The fourth-order valence-corrected chi connectivity index (χ4v) is 4.46. The molecule has 3 rings (SSSR count). The van der Waals surface area contributed by atoms with Crippen LogP contribution in [0.5, 0.6) is 0 Å². The number of nitrogens with one attached hydrogen (secondary N) is 2. The summed E-state index contributed by atoms with van der Waals surface area (Å²) >= 11 is 0. The molecule has 7 heteroatoms. The largest absolute Gasteiger partial charge is 0.371 e. The first kappa shape index (κ1) is 24.8. The van der Waals surface area contributed by atoms with Gasteiger partial charge in [0.2, 0.25) is 11.8 Å². The summed E-state index contributed by atoms with van der Waals surface area (Å²) in [6, 6.07) is 7.40. The molecule has 1 aromatic heterocycles. The second-order valence-corrected chi connectivity index (χ2v) is 9.54. The lowest BCUT2D eigenvalue weighted by atomic mass is 10.1. The first-order valence-corrected chi connectivity index (χ1v) is 12.3. The molecule has 1 aliphatic rings. The topological polar surface area (TPSA) is 79.3 Å². The summed E-state index contributed by atoms with van der Waals surface area (Å²) in [4.78, 5) is 28.2. The standard InChI is InChI=1S/C26H39N5O2/c1-6-10-24(26(33)27-21-11-9-12-22(15-21)30-13-7-8-14-30)28-25(32)16-23-19(4)29-31(20(23)5)17-18(2)3/h9,11-12,15,18,24H,6-8,10,13-14,16-17H2,1-5H3,(H,27,33)(H,28,32). The molecule has 2 amide bonds. The van der Waals surface area contributed by atoms with Crippen molar-refractivity contribution in [3.8, 4) is 0 Å². The van der Waals surface area contributed by atoms with Crippen LogP contribution in [0.4, 0.5) is 11.4 Å². The molecule has 33 heavy (non-hydrogen) atoms. The van der Waals surface area contributed by atoms with Gasteiger partial charge in [-0.1, -0.05) is 33.3 Å². The lowest BCUT2D eigenvalue weighted by molar-refractivity contribution is -0.126. The average molecular weight is 454 g/mol. The molecule has 0 saturated carbocycles. The zero-order chi connectivity index (χ0) is 24.0. The molecule has 1 atom stereocenters. The van der Waals surface area contributed by atoms with Crippen LogP contribution in [0, 0.1) is 19.8 Å². The van der Waals surface area contributed by atoms with Gasteiger partial charge in [-0.2, -0.15) is 5.10 Å². The van der Waals surface area contributed by atoms with Crippen molar-refractivity contribution in [2.75, 3.05) is 23.3 Å². The van der Waals surface area contributed by atoms with Gasteiger partial charge in [-0.25, -0.2) is 0 Å². The fraction of sp³-hybridized carbons (Fsp3) is 0.577. The second-order valence-electron chi connectivity index (χ2n) is 9.54. The Morgan fingerprint density at radius 1 is 1.15 bits per heavy atom. The highest BCUT2D eigenvalue weighted by Crippen LogP contribution is 2.23. The van der Waals surface area contributed by atoms with E-state index in [1.807, 2.05) is 43.7 Å². The van der Waals surface area contributed by atoms with Crippen molar-refractivity contribution in [1.82, 2.24) is 15.1 Å². The first-order valence-electron chi connectivity index (χ1n) is 12.3. The van der Waals surface area contributed by atoms with E-state index < -0.39 is 6.04 Å². The third kappa shape index (κ3) is 6.59. The Morgan fingerprint density at radius 2 is 1.88 bits per heavy atom. The van der Waals surface area contributed by atoms with E-state index in [4.69, 9.17) is 0 Å². The van der Waals surface area contributed by atoms with Crippen LogP contribution >= 0.6 is 0 Å². The van der Waals surface area contributed by atoms with E-state index in [2.05, 4.69) is 40.5 Å². The number of rotatable bonds is 10. The van der Waals surface area contributed by atoms with Crippen LogP contribution in [0.3, 0.4) is 0 Å². The molecule has 2 N–H and O–H groups in total. The highest BCUT2D eigenvalue weighted by atomic mass is 16.2. The summed E-state index contributed by atoms with van der Waals surface area (Å²) in [5.74, 6) is 0.156. The lowest BCUT2D eigenvalue weighted by Gasteiger charge is -2.20.